The molecule has 0 aromatic heterocycles. The van der Waals surface area contributed by atoms with E-state index in [1.807, 2.05) is 0 Å². The number of rotatable bonds is 15. The van der Waals surface area contributed by atoms with Gasteiger partial charge in [-0.3, -0.25) is 0 Å². The van der Waals surface area contributed by atoms with Crippen LogP contribution in [-0.2, 0) is 33.5 Å². The molecule has 0 N–H and O–H groups in total. The molecule has 22 heavy (non-hydrogen) atoms. The molecule has 0 radical (unpaired) electrons. The maximum atomic E-state index is 11.3. The van der Waals surface area contributed by atoms with E-state index in [-0.39, 0.29) is 5.97 Å². The summed E-state index contributed by atoms with van der Waals surface area (Å²) in [5.74, 6) is -0.107. The Bertz CT molecular complexity index is 290. The van der Waals surface area contributed by atoms with E-state index in [1.165, 1.54) is 38.5 Å². The molecule has 0 bridgehead atoms. The van der Waals surface area contributed by atoms with Crippen molar-refractivity contribution in [2.45, 2.75) is 67.7 Å². The van der Waals surface area contributed by atoms with Crippen LogP contribution in [-0.4, -0.2) is 26.8 Å². The summed E-state index contributed by atoms with van der Waals surface area (Å²) in [5.41, 5.74) is 0. The monoisotopic (exact) mass is 350 g/mol. The summed E-state index contributed by atoms with van der Waals surface area (Å²) in [4.78, 5) is 11.3. The molecule has 0 fully saturated rings. The molecule has 0 aliphatic carbocycles. The zero-order chi connectivity index (χ0) is 16.7. The van der Waals surface area contributed by atoms with E-state index in [0.717, 1.165) is 17.6 Å². The molecular weight excluding hydrogens is 316 g/mol. The Morgan fingerprint density at radius 3 is 1.95 bits per heavy atom. The Hall–Kier alpha value is -0.156. The quantitative estimate of drug-likeness (QED) is 0.181. The standard InChI is InChI=1S/C14H25O2.2CH3O.CH3.Ti/c1-3-5-6-7-8-9-10-11-12-14(15)16-13-4-2;2*1-2;;/h4H,1-3,5-13H2;2*1H3;1H3;/q;2*-1;;+2. The molecule has 5 heteroatoms. The number of carbonyl (C=O) groups is 1. The summed E-state index contributed by atoms with van der Waals surface area (Å²) in [7, 11) is 3.55. The summed E-state index contributed by atoms with van der Waals surface area (Å²) < 4.78 is 17.1. The van der Waals surface area contributed by atoms with Crippen LogP contribution in [0.25, 0.3) is 0 Å². The van der Waals surface area contributed by atoms with E-state index >= 15 is 0 Å². The molecule has 0 aromatic rings. The van der Waals surface area contributed by atoms with Crippen LogP contribution >= 0.6 is 0 Å². The van der Waals surface area contributed by atoms with Crippen LogP contribution in [0, 0.1) is 0 Å². The molecule has 0 saturated heterocycles. The van der Waals surface area contributed by atoms with Gasteiger partial charge in [0.1, 0.15) is 6.61 Å². The fourth-order valence-corrected chi connectivity index (χ4v) is 4.58. The van der Waals surface area contributed by atoms with Crippen molar-refractivity contribution in [3.8, 4) is 0 Å². The molecule has 0 rings (SSSR count). The first-order chi connectivity index (χ1) is 10.6. The Morgan fingerprint density at radius 1 is 0.955 bits per heavy atom. The van der Waals surface area contributed by atoms with Gasteiger partial charge in [-0.15, -0.1) is 0 Å². The van der Waals surface area contributed by atoms with Crippen LogP contribution in [0.15, 0.2) is 12.7 Å². The molecule has 0 unspecified atom stereocenters. The molecule has 4 nitrogen and oxygen atoms in total. The van der Waals surface area contributed by atoms with Crippen molar-refractivity contribution in [2.24, 2.45) is 0 Å². The van der Waals surface area contributed by atoms with Gasteiger partial charge in [-0.1, -0.05) is 12.7 Å². The predicted molar refractivity (Wildman–Crippen MR) is 87.4 cm³/mol. The number of hydrogen-bond acceptors (Lipinski definition) is 4. The van der Waals surface area contributed by atoms with Crippen LogP contribution in [0.5, 0.6) is 0 Å². The molecule has 0 spiro atoms. The third-order valence-electron chi connectivity index (χ3n) is 3.99. The van der Waals surface area contributed by atoms with Gasteiger partial charge in [0.25, 0.3) is 0 Å². The van der Waals surface area contributed by atoms with E-state index < -0.39 is 17.4 Å². The van der Waals surface area contributed by atoms with Crippen LogP contribution in [0.4, 0.5) is 0 Å². The summed E-state index contributed by atoms with van der Waals surface area (Å²) in [5, 5.41) is 2.17. The van der Waals surface area contributed by atoms with E-state index in [2.05, 4.69) is 11.8 Å². The predicted octanol–water partition coefficient (Wildman–Crippen LogP) is 4.97. The van der Waals surface area contributed by atoms with Crippen molar-refractivity contribution in [3.05, 3.63) is 12.7 Å². The minimum atomic E-state index is -2.35. The van der Waals surface area contributed by atoms with Gasteiger partial charge in [0.05, 0.1) is 0 Å². The van der Waals surface area contributed by atoms with E-state index in [0.29, 0.717) is 13.0 Å². The Morgan fingerprint density at radius 2 is 1.45 bits per heavy atom. The molecule has 0 aliphatic heterocycles. The van der Waals surface area contributed by atoms with E-state index in [9.17, 15) is 4.79 Å². The van der Waals surface area contributed by atoms with Crippen molar-refractivity contribution in [1.29, 1.82) is 0 Å². The van der Waals surface area contributed by atoms with Crippen molar-refractivity contribution in [1.82, 2.24) is 0 Å². The molecular formula is C17H34O4Ti. The van der Waals surface area contributed by atoms with Crippen molar-refractivity contribution in [3.63, 3.8) is 0 Å². The van der Waals surface area contributed by atoms with Gasteiger partial charge in [0.15, 0.2) is 0 Å². The summed E-state index contributed by atoms with van der Waals surface area (Å²) in [6.45, 7) is 3.85. The molecule has 0 aliphatic rings. The average molecular weight is 350 g/mol. The van der Waals surface area contributed by atoms with E-state index in [1.54, 1.807) is 20.3 Å². The zero-order valence-electron chi connectivity index (χ0n) is 14.7. The third kappa shape index (κ3) is 12.4. The van der Waals surface area contributed by atoms with Crippen molar-refractivity contribution in [2.75, 3.05) is 20.8 Å². The third-order valence-corrected chi connectivity index (χ3v) is 8.66. The van der Waals surface area contributed by atoms with Gasteiger partial charge in [0, 0.05) is 0 Å². The minimum absolute atomic E-state index is 0.107. The van der Waals surface area contributed by atoms with Gasteiger partial charge in [-0.05, 0) is 0 Å². The fraction of sp³-hybridized carbons (Fsp3) is 0.824. The van der Waals surface area contributed by atoms with Crippen molar-refractivity contribution >= 4 is 5.97 Å². The van der Waals surface area contributed by atoms with Gasteiger partial charge < -0.3 is 0 Å². The van der Waals surface area contributed by atoms with Crippen LogP contribution in [0.3, 0.4) is 0 Å². The number of esters is 1. The second kappa shape index (κ2) is 14.4. The van der Waals surface area contributed by atoms with Gasteiger partial charge >= 0.3 is 121 Å². The average Bonchev–Trinajstić information content (AvgIpc) is 2.54. The molecule has 0 saturated carbocycles. The van der Waals surface area contributed by atoms with Gasteiger partial charge in [0.2, 0.25) is 0 Å². The number of ether oxygens (including phenoxy) is 1. The van der Waals surface area contributed by atoms with Gasteiger partial charge in [-0.25, -0.2) is 0 Å². The first-order valence-electron chi connectivity index (χ1n) is 8.45. The first-order valence-corrected chi connectivity index (χ1v) is 12.4. The second-order valence-electron chi connectivity index (χ2n) is 5.84. The van der Waals surface area contributed by atoms with Gasteiger partial charge in [-0.2, -0.15) is 0 Å². The summed E-state index contributed by atoms with van der Waals surface area (Å²) >= 11 is -2.35. The van der Waals surface area contributed by atoms with Crippen LogP contribution in [0.2, 0.25) is 9.95 Å². The zero-order valence-corrected chi connectivity index (χ0v) is 16.3. The molecule has 0 amide bonds. The maximum absolute atomic E-state index is 11.3. The first kappa shape index (κ1) is 21.8. The number of hydrogen-bond donors (Lipinski definition) is 0. The number of unbranched alkanes of at least 4 members (excludes halogenated alkanes) is 7. The summed E-state index contributed by atoms with van der Waals surface area (Å²) in [6, 6.07) is 0. The second-order valence-corrected chi connectivity index (χ2v) is 11.4. The molecule has 0 heterocycles. The Balaban J connectivity index is 3.30. The molecule has 0 aromatic carbocycles. The van der Waals surface area contributed by atoms with Crippen LogP contribution < -0.4 is 0 Å². The summed E-state index contributed by atoms with van der Waals surface area (Å²) in [6.07, 6.45) is 11.7. The normalized spacial score (nSPS) is 11.4. The SMILES string of the molecule is C=CCOC(=O)CCCCCCCCC[CH2][Ti]([CH3])([O]C)[O]C. The number of carbonyl (C=O) groups excluding carboxylic acids is 1. The van der Waals surface area contributed by atoms with Crippen LogP contribution in [0.1, 0.15) is 57.8 Å². The van der Waals surface area contributed by atoms with Crippen molar-refractivity contribution < 1.29 is 33.5 Å². The molecule has 0 atom stereocenters. The topological polar surface area (TPSA) is 44.8 Å². The Kier molecular flexibility index (Phi) is 14.3. The molecule has 130 valence electrons. The fourth-order valence-electron chi connectivity index (χ4n) is 2.29. The Labute approximate surface area is 140 Å². The van der Waals surface area contributed by atoms with E-state index in [4.69, 9.17) is 11.4 Å².